The number of hydrogen-bond donors (Lipinski definition) is 5. The number of ether oxygens (including phenoxy) is 4. The lowest BCUT2D eigenvalue weighted by Gasteiger charge is -2.35. The number of aryl methyl sites for hydroxylation is 1. The first-order valence-corrected chi connectivity index (χ1v) is 24.5. The number of amides is 4. The van der Waals surface area contributed by atoms with E-state index in [-0.39, 0.29) is 41.8 Å². The van der Waals surface area contributed by atoms with Gasteiger partial charge in [0.2, 0.25) is 11.8 Å². The lowest BCUT2D eigenvalue weighted by Crippen LogP contribution is -2.54. The van der Waals surface area contributed by atoms with Crippen molar-refractivity contribution in [1.29, 1.82) is 0 Å². The largest absolute Gasteiger partial charge is 0.453 e. The number of nitrogens with zero attached hydrogens (tertiary/aromatic N) is 4. The molecule has 5 fully saturated rings. The van der Waals surface area contributed by atoms with Gasteiger partial charge in [0, 0.05) is 55.9 Å². The van der Waals surface area contributed by atoms with Crippen molar-refractivity contribution in [1.82, 2.24) is 45.8 Å². The normalized spacial score (nSPS) is 24.4. The monoisotopic (exact) mass is 937 g/mol. The number of carbonyl (C=O) groups excluding carboxylic acids is 4. The van der Waals surface area contributed by atoms with Gasteiger partial charge in [-0.1, -0.05) is 31.2 Å². The van der Waals surface area contributed by atoms with Crippen molar-refractivity contribution in [3.63, 3.8) is 0 Å². The van der Waals surface area contributed by atoms with Crippen LogP contribution in [-0.4, -0.2) is 119 Å². The molecule has 0 radical (unpaired) electrons. The summed E-state index contributed by atoms with van der Waals surface area (Å²) in [6.45, 7) is 4.43. The second kappa shape index (κ2) is 18.7. The second-order valence-electron chi connectivity index (χ2n) is 19.7. The van der Waals surface area contributed by atoms with Crippen LogP contribution in [0.25, 0.3) is 55.4 Å². The predicted molar refractivity (Wildman–Crippen MR) is 257 cm³/mol. The molecular formula is C52H59N9O8. The molecule has 2 saturated carbocycles. The Morgan fingerprint density at radius 1 is 0.725 bits per heavy atom. The van der Waals surface area contributed by atoms with E-state index in [0.29, 0.717) is 69.9 Å². The van der Waals surface area contributed by atoms with E-state index in [1.165, 1.54) is 14.2 Å². The number of benzene rings is 3. The van der Waals surface area contributed by atoms with Crippen molar-refractivity contribution < 1.29 is 38.1 Å². The standard InChI is InChI=1S/C52H59N9O8/c1-27-35(45(27)58-49(62)46(59-51(64)66-2)28-14-18-68-19-15-28)8-13-44-54-38-11-5-31(23-40(38)55-44)30-4-9-36-32(22-30)6-10-37(53-36)33-7-12-39-41(24-33)57-48(56-39)43-26-34-25-42(34)61(43)50(63)47(60-52(65)67-3)29-16-20-69-21-17-29/h4-7,9-12,22-24,27-29,34-35,42-43,45-47H,8,13-21,25-26H2,1-3H3,(H,54,55)(H,56,57)(H,58,62)(H,59,64)(H,60,65)/t27-,34-,35+,42-,43+,45-,46+,47+/m1/s1. The van der Waals surface area contributed by atoms with Crippen LogP contribution in [0.3, 0.4) is 0 Å². The molecule has 0 unspecified atom stereocenters. The predicted octanol–water partition coefficient (Wildman–Crippen LogP) is 6.97. The maximum atomic E-state index is 14.3. The van der Waals surface area contributed by atoms with Gasteiger partial charge >= 0.3 is 12.2 Å². The van der Waals surface area contributed by atoms with E-state index in [1.807, 2.05) is 23.1 Å². The van der Waals surface area contributed by atoms with Crippen LogP contribution >= 0.6 is 0 Å². The zero-order valence-corrected chi connectivity index (χ0v) is 39.2. The first-order chi connectivity index (χ1) is 33.6. The molecule has 4 amide bonds. The number of nitrogens with one attached hydrogen (secondary N) is 5. The molecule has 0 bridgehead atoms. The number of imidazole rings is 2. The third-order valence-corrected chi connectivity index (χ3v) is 15.6. The fraction of sp³-hybridized carbons (Fsp3) is 0.481. The van der Waals surface area contributed by atoms with Gasteiger partial charge in [-0.15, -0.1) is 0 Å². The molecule has 3 aromatic heterocycles. The molecule has 69 heavy (non-hydrogen) atoms. The van der Waals surface area contributed by atoms with Crippen molar-refractivity contribution >= 4 is 57.0 Å². The van der Waals surface area contributed by atoms with E-state index in [9.17, 15) is 19.2 Å². The number of H-pyrrole nitrogens is 2. The number of hydrogen-bond acceptors (Lipinski definition) is 11. The van der Waals surface area contributed by atoms with Crippen LogP contribution in [0.4, 0.5) is 9.59 Å². The molecule has 3 aromatic carbocycles. The van der Waals surface area contributed by atoms with Crippen LogP contribution in [-0.2, 0) is 35.0 Å². The summed E-state index contributed by atoms with van der Waals surface area (Å²) in [7, 11) is 2.63. The number of pyridine rings is 1. The maximum Gasteiger partial charge on any atom is 0.407 e. The number of piperidine rings is 1. The summed E-state index contributed by atoms with van der Waals surface area (Å²) in [6, 6.07) is 21.5. The van der Waals surface area contributed by atoms with Gasteiger partial charge in [0.25, 0.3) is 0 Å². The number of aromatic nitrogens is 5. The number of carbonyl (C=O) groups is 4. The highest BCUT2D eigenvalue weighted by atomic mass is 16.5. The Hall–Kier alpha value is -6.59. The highest BCUT2D eigenvalue weighted by Gasteiger charge is 2.57. The average molecular weight is 938 g/mol. The first kappa shape index (κ1) is 44.9. The minimum Gasteiger partial charge on any atom is -0.453 e. The highest BCUT2D eigenvalue weighted by molar-refractivity contribution is 5.91. The molecule has 0 spiro atoms. The average Bonchev–Trinajstić information content (AvgIpc) is 4.01. The molecule has 5 aliphatic rings. The third kappa shape index (κ3) is 9.09. The summed E-state index contributed by atoms with van der Waals surface area (Å²) >= 11 is 0. The summed E-state index contributed by atoms with van der Waals surface area (Å²) < 4.78 is 20.8. The fourth-order valence-electron chi connectivity index (χ4n) is 11.4. The summed E-state index contributed by atoms with van der Waals surface area (Å²) in [5.41, 5.74) is 8.39. The van der Waals surface area contributed by atoms with Crippen LogP contribution in [0, 0.1) is 29.6 Å². The van der Waals surface area contributed by atoms with E-state index in [2.05, 4.69) is 81.4 Å². The highest BCUT2D eigenvalue weighted by Crippen LogP contribution is 2.54. The molecule has 3 aliphatic heterocycles. The lowest BCUT2D eigenvalue weighted by molar-refractivity contribution is -0.138. The zero-order valence-electron chi connectivity index (χ0n) is 39.2. The summed E-state index contributed by atoms with van der Waals surface area (Å²) in [5, 5.41) is 9.87. The van der Waals surface area contributed by atoms with Crippen molar-refractivity contribution in [2.75, 3.05) is 40.6 Å². The number of aromatic amines is 2. The Morgan fingerprint density at radius 3 is 2.07 bits per heavy atom. The van der Waals surface area contributed by atoms with E-state index in [1.54, 1.807) is 0 Å². The van der Waals surface area contributed by atoms with Crippen LogP contribution in [0.2, 0.25) is 0 Å². The molecule has 17 nitrogen and oxygen atoms in total. The summed E-state index contributed by atoms with van der Waals surface area (Å²) in [4.78, 5) is 76.3. The minimum atomic E-state index is -0.683. The van der Waals surface area contributed by atoms with Gasteiger partial charge in [0.1, 0.15) is 23.7 Å². The molecular weight excluding hydrogens is 879 g/mol. The topological polar surface area (TPSA) is 215 Å². The molecule has 6 aromatic rings. The molecule has 5 N–H and O–H groups in total. The van der Waals surface area contributed by atoms with Crippen molar-refractivity contribution in [2.24, 2.45) is 29.6 Å². The quantitative estimate of drug-likeness (QED) is 0.0798. The molecule has 17 heteroatoms. The van der Waals surface area contributed by atoms with Gasteiger partial charge in [-0.05, 0) is 128 Å². The molecule has 360 valence electrons. The SMILES string of the molecule is COC(=O)N[C@H](C(=O)N[C@@H]1[C@H](C)[C@@H]1CCc1nc2ccc(-c3ccc4nc(-c5ccc6nc([C@@H]7C[C@H]8C[C@H]8N7C(=O)[C@@H](NC(=O)OC)C7CCOCC7)[nH]c6c5)ccc4c3)cc2[nH]1)C1CCOCC1. The Bertz CT molecular complexity index is 2920. The van der Waals surface area contributed by atoms with Crippen molar-refractivity contribution in [3.8, 4) is 22.4 Å². The van der Waals surface area contributed by atoms with Gasteiger partial charge in [-0.3, -0.25) is 9.59 Å². The van der Waals surface area contributed by atoms with Crippen LogP contribution in [0.5, 0.6) is 0 Å². The zero-order chi connectivity index (χ0) is 47.3. The molecule has 11 rings (SSSR count). The number of fused-ring (bicyclic) bond motifs is 4. The third-order valence-electron chi connectivity index (χ3n) is 15.6. The molecule has 2 aliphatic carbocycles. The minimum absolute atomic E-state index is 0.000493. The summed E-state index contributed by atoms with van der Waals surface area (Å²) in [5.74, 6) is 2.46. The Balaban J connectivity index is 0.743. The van der Waals surface area contributed by atoms with Gasteiger partial charge in [0.15, 0.2) is 0 Å². The lowest BCUT2D eigenvalue weighted by atomic mass is 9.90. The second-order valence-corrected chi connectivity index (χ2v) is 19.7. The first-order valence-electron chi connectivity index (χ1n) is 24.5. The van der Waals surface area contributed by atoms with Crippen LogP contribution in [0.15, 0.2) is 66.7 Å². The van der Waals surface area contributed by atoms with Gasteiger partial charge in [-0.25, -0.2) is 24.5 Å². The van der Waals surface area contributed by atoms with Crippen molar-refractivity contribution in [3.05, 3.63) is 78.4 Å². The Morgan fingerprint density at radius 2 is 1.35 bits per heavy atom. The number of rotatable bonds is 13. The number of methoxy groups -OCH3 is 2. The Labute approximate surface area is 399 Å². The van der Waals surface area contributed by atoms with E-state index >= 15 is 0 Å². The van der Waals surface area contributed by atoms with Gasteiger partial charge < -0.3 is 49.8 Å². The molecule has 3 saturated heterocycles. The van der Waals surface area contributed by atoms with E-state index in [4.69, 9.17) is 33.9 Å². The number of alkyl carbamates (subject to hydrolysis) is 2. The molecule has 8 atom stereocenters. The maximum absolute atomic E-state index is 14.3. The Kier molecular flexibility index (Phi) is 12.2. The smallest absolute Gasteiger partial charge is 0.407 e. The summed E-state index contributed by atoms with van der Waals surface area (Å²) in [6.07, 6.45) is 5.03. The van der Waals surface area contributed by atoms with Gasteiger partial charge in [-0.2, -0.15) is 0 Å². The van der Waals surface area contributed by atoms with Gasteiger partial charge in [0.05, 0.1) is 53.5 Å². The van der Waals surface area contributed by atoms with Crippen molar-refractivity contribution in [2.45, 2.75) is 88.5 Å². The van der Waals surface area contributed by atoms with Crippen LogP contribution < -0.4 is 16.0 Å². The number of likely N-dealkylation sites (tertiary alicyclic amines) is 1. The van der Waals surface area contributed by atoms with E-state index < -0.39 is 24.3 Å². The van der Waals surface area contributed by atoms with Crippen LogP contribution in [0.1, 0.15) is 69.6 Å². The van der Waals surface area contributed by atoms with E-state index in [0.717, 1.165) is 92.7 Å². The molecule has 6 heterocycles. The fourth-order valence-corrected chi connectivity index (χ4v) is 11.4.